The van der Waals surface area contributed by atoms with Gasteiger partial charge >= 0.3 is 18.0 Å². The standard InChI is InChI=1S/C27H41NO6/c1-25(2,3)27(23(30)34-26(4,5)6,18-17-22(29)33-21-15-11-8-12-16-21)28-24(31)32-19-20-13-9-7-10-14-20/h7,9-10,13-14,21H,8,11-12,15-19H2,1-6H3,(H,28,31)/t27-/m0/s1. The van der Waals surface area contributed by atoms with E-state index < -0.39 is 28.6 Å². The summed E-state index contributed by atoms with van der Waals surface area (Å²) in [7, 11) is 0. The van der Waals surface area contributed by atoms with E-state index >= 15 is 0 Å². The zero-order chi connectivity index (χ0) is 25.4. The van der Waals surface area contributed by atoms with E-state index in [2.05, 4.69) is 5.32 Å². The minimum absolute atomic E-state index is 0.0218. The number of hydrogen-bond acceptors (Lipinski definition) is 6. The number of alkyl carbamates (subject to hydrolysis) is 1. The minimum Gasteiger partial charge on any atom is -0.462 e. The van der Waals surface area contributed by atoms with Crippen LogP contribution in [0.25, 0.3) is 0 Å². The van der Waals surface area contributed by atoms with E-state index in [4.69, 9.17) is 14.2 Å². The molecule has 1 aliphatic carbocycles. The first-order chi connectivity index (χ1) is 15.8. The summed E-state index contributed by atoms with van der Waals surface area (Å²) in [6, 6.07) is 9.28. The van der Waals surface area contributed by atoms with Crippen LogP contribution >= 0.6 is 0 Å². The van der Waals surface area contributed by atoms with E-state index in [9.17, 15) is 14.4 Å². The van der Waals surface area contributed by atoms with Gasteiger partial charge in [0.1, 0.15) is 23.9 Å². The van der Waals surface area contributed by atoms with Gasteiger partial charge in [0.15, 0.2) is 0 Å². The number of rotatable bonds is 8. The van der Waals surface area contributed by atoms with Crippen molar-refractivity contribution in [2.45, 2.75) is 110 Å². The Hall–Kier alpha value is -2.57. The number of ether oxygens (including phenoxy) is 3. The first-order valence-corrected chi connectivity index (χ1v) is 12.2. The van der Waals surface area contributed by atoms with E-state index in [1.807, 2.05) is 51.1 Å². The lowest BCUT2D eigenvalue weighted by molar-refractivity contribution is -0.169. The summed E-state index contributed by atoms with van der Waals surface area (Å²) in [6.07, 6.45) is 4.20. The summed E-state index contributed by atoms with van der Waals surface area (Å²) in [5.74, 6) is -0.974. The third-order valence-corrected chi connectivity index (χ3v) is 6.11. The molecule has 0 bridgehead atoms. The molecule has 190 valence electrons. The molecule has 7 heteroatoms. The van der Waals surface area contributed by atoms with E-state index in [0.29, 0.717) is 0 Å². The van der Waals surface area contributed by atoms with Gasteiger partial charge in [0.05, 0.1) is 0 Å². The number of esters is 2. The highest BCUT2D eigenvalue weighted by atomic mass is 16.6. The van der Waals surface area contributed by atoms with E-state index in [-0.39, 0.29) is 31.5 Å². The van der Waals surface area contributed by atoms with Crippen LogP contribution in [-0.4, -0.2) is 35.3 Å². The van der Waals surface area contributed by atoms with Crippen LogP contribution in [0.3, 0.4) is 0 Å². The number of carbonyl (C=O) groups excluding carboxylic acids is 3. The first kappa shape index (κ1) is 27.7. The molecule has 1 aromatic carbocycles. The summed E-state index contributed by atoms with van der Waals surface area (Å²) in [5.41, 5.74) is -2.20. The third-order valence-electron chi connectivity index (χ3n) is 6.11. The van der Waals surface area contributed by atoms with Gasteiger partial charge < -0.3 is 19.5 Å². The summed E-state index contributed by atoms with van der Waals surface area (Å²) < 4.78 is 16.8. The highest BCUT2D eigenvalue weighted by molar-refractivity contribution is 5.87. The number of amides is 1. The zero-order valence-corrected chi connectivity index (χ0v) is 21.6. The fourth-order valence-electron chi connectivity index (χ4n) is 4.10. The van der Waals surface area contributed by atoms with Gasteiger partial charge in [0.2, 0.25) is 0 Å². The predicted molar refractivity (Wildman–Crippen MR) is 130 cm³/mol. The Labute approximate surface area is 203 Å². The van der Waals surface area contributed by atoms with Crippen molar-refractivity contribution < 1.29 is 28.6 Å². The number of nitrogens with one attached hydrogen (secondary N) is 1. The monoisotopic (exact) mass is 475 g/mol. The number of hydrogen-bond donors (Lipinski definition) is 1. The summed E-state index contributed by atoms with van der Waals surface area (Å²) in [5, 5.41) is 2.78. The number of benzene rings is 1. The lowest BCUT2D eigenvalue weighted by Crippen LogP contribution is -2.64. The molecule has 1 atom stereocenters. The van der Waals surface area contributed by atoms with Gasteiger partial charge in [-0.2, -0.15) is 0 Å². The lowest BCUT2D eigenvalue weighted by Gasteiger charge is -2.43. The molecule has 0 aromatic heterocycles. The van der Waals surface area contributed by atoms with Crippen LogP contribution in [0, 0.1) is 5.41 Å². The van der Waals surface area contributed by atoms with Crippen molar-refractivity contribution in [2.75, 3.05) is 0 Å². The van der Waals surface area contributed by atoms with Crippen LogP contribution in [0.1, 0.15) is 92.1 Å². The first-order valence-electron chi connectivity index (χ1n) is 12.2. The van der Waals surface area contributed by atoms with Crippen LogP contribution in [0.4, 0.5) is 4.79 Å². The summed E-state index contributed by atoms with van der Waals surface area (Å²) in [6.45, 7) is 10.9. The van der Waals surface area contributed by atoms with E-state index in [1.165, 1.54) is 0 Å². The van der Waals surface area contributed by atoms with Gasteiger partial charge in [-0.15, -0.1) is 0 Å². The topological polar surface area (TPSA) is 90.9 Å². The smallest absolute Gasteiger partial charge is 0.408 e. The highest BCUT2D eigenvalue weighted by Gasteiger charge is 2.52. The molecular formula is C27H41NO6. The molecule has 0 heterocycles. The van der Waals surface area contributed by atoms with E-state index in [1.54, 1.807) is 20.8 Å². The maximum atomic E-state index is 13.5. The van der Waals surface area contributed by atoms with Gasteiger partial charge in [0, 0.05) is 6.42 Å². The Morgan fingerprint density at radius 1 is 0.941 bits per heavy atom. The molecule has 1 fully saturated rings. The molecule has 1 amide bonds. The van der Waals surface area contributed by atoms with Gasteiger partial charge in [0.25, 0.3) is 0 Å². The average molecular weight is 476 g/mol. The number of carbonyl (C=O) groups is 3. The van der Waals surface area contributed by atoms with Crippen LogP contribution in [-0.2, 0) is 30.4 Å². The van der Waals surface area contributed by atoms with Crippen molar-refractivity contribution in [3.8, 4) is 0 Å². The van der Waals surface area contributed by atoms with Crippen molar-refractivity contribution in [1.29, 1.82) is 0 Å². The largest absolute Gasteiger partial charge is 0.462 e. The van der Waals surface area contributed by atoms with Crippen molar-refractivity contribution in [2.24, 2.45) is 5.41 Å². The fraction of sp³-hybridized carbons (Fsp3) is 0.667. The molecule has 0 aliphatic heterocycles. The van der Waals surface area contributed by atoms with Crippen molar-refractivity contribution >= 4 is 18.0 Å². The molecule has 0 radical (unpaired) electrons. The molecule has 1 N–H and O–H groups in total. The molecule has 1 aliphatic rings. The molecular weight excluding hydrogens is 434 g/mol. The van der Waals surface area contributed by atoms with Crippen LogP contribution in [0.5, 0.6) is 0 Å². The SMILES string of the molecule is CC(C)(C)OC(=O)[C@](CCC(=O)OC1CCCCC1)(NC(=O)OCc1ccccc1)C(C)(C)C. The Bertz CT molecular complexity index is 818. The molecule has 1 aromatic rings. The van der Waals surface area contributed by atoms with Crippen molar-refractivity contribution in [3.63, 3.8) is 0 Å². The molecule has 0 saturated heterocycles. The minimum atomic E-state index is -1.49. The normalized spacial score (nSPS) is 16.8. The maximum absolute atomic E-state index is 13.5. The zero-order valence-electron chi connectivity index (χ0n) is 21.6. The Balaban J connectivity index is 2.18. The van der Waals surface area contributed by atoms with Gasteiger partial charge in [-0.25, -0.2) is 9.59 Å². The predicted octanol–water partition coefficient (Wildman–Crippen LogP) is 5.70. The highest BCUT2D eigenvalue weighted by Crippen LogP contribution is 2.37. The molecule has 0 spiro atoms. The second-order valence-electron chi connectivity index (χ2n) is 11.1. The molecule has 1 saturated carbocycles. The second-order valence-corrected chi connectivity index (χ2v) is 11.1. The quantitative estimate of drug-likeness (QED) is 0.383. The maximum Gasteiger partial charge on any atom is 0.408 e. The molecule has 34 heavy (non-hydrogen) atoms. The molecule has 2 rings (SSSR count). The summed E-state index contributed by atoms with van der Waals surface area (Å²) >= 11 is 0. The Morgan fingerprint density at radius 2 is 1.56 bits per heavy atom. The van der Waals surface area contributed by atoms with Gasteiger partial charge in [-0.1, -0.05) is 57.5 Å². The van der Waals surface area contributed by atoms with E-state index in [0.717, 1.165) is 37.7 Å². The molecule has 0 unspecified atom stereocenters. The van der Waals surface area contributed by atoms with Crippen molar-refractivity contribution in [3.05, 3.63) is 35.9 Å². The molecule has 7 nitrogen and oxygen atoms in total. The second kappa shape index (κ2) is 11.7. The summed E-state index contributed by atoms with van der Waals surface area (Å²) in [4.78, 5) is 39.0. The van der Waals surface area contributed by atoms with Gasteiger partial charge in [-0.05, 0) is 63.9 Å². The average Bonchev–Trinajstić information content (AvgIpc) is 2.74. The third kappa shape index (κ3) is 8.33. The van der Waals surface area contributed by atoms with Crippen molar-refractivity contribution in [1.82, 2.24) is 5.32 Å². The van der Waals surface area contributed by atoms with Crippen LogP contribution in [0.15, 0.2) is 30.3 Å². The lowest BCUT2D eigenvalue weighted by atomic mass is 9.70. The van der Waals surface area contributed by atoms with Gasteiger partial charge in [-0.3, -0.25) is 4.79 Å². The Morgan fingerprint density at radius 3 is 2.12 bits per heavy atom. The van der Waals surface area contributed by atoms with Crippen LogP contribution < -0.4 is 5.32 Å². The fourth-order valence-corrected chi connectivity index (χ4v) is 4.10. The van der Waals surface area contributed by atoms with Crippen LogP contribution in [0.2, 0.25) is 0 Å². The Kier molecular flexibility index (Phi) is 9.54.